The maximum atomic E-state index is 8.84. The molecule has 1 N–H and O–H groups in total. The number of aryl methyl sites for hydroxylation is 2. The second-order valence-electron chi connectivity index (χ2n) is 3.79. The van der Waals surface area contributed by atoms with Gasteiger partial charge in [-0.15, -0.1) is 0 Å². The van der Waals surface area contributed by atoms with Crippen LogP contribution in [0.2, 0.25) is 0 Å². The van der Waals surface area contributed by atoms with Crippen LogP contribution >= 0.6 is 0 Å². The summed E-state index contributed by atoms with van der Waals surface area (Å²) in [5.41, 5.74) is 2.54. The van der Waals surface area contributed by atoms with Gasteiger partial charge in [0.05, 0.1) is 0 Å². The SMILES string of the molecule is Cc1cc[n+](CCCO)c2ccccc12.[Br-]. The number of benzene rings is 1. The zero-order valence-electron chi connectivity index (χ0n) is 9.36. The highest BCUT2D eigenvalue weighted by atomic mass is 79.9. The molecule has 1 aromatic carbocycles. The van der Waals surface area contributed by atoms with E-state index in [0.717, 1.165) is 13.0 Å². The number of aliphatic hydroxyl groups excluding tert-OH is 1. The van der Waals surface area contributed by atoms with Crippen LogP contribution in [0.4, 0.5) is 0 Å². The van der Waals surface area contributed by atoms with Crippen molar-refractivity contribution in [2.24, 2.45) is 0 Å². The van der Waals surface area contributed by atoms with Crippen LogP contribution in [0, 0.1) is 6.92 Å². The zero-order valence-corrected chi connectivity index (χ0v) is 10.9. The lowest BCUT2D eigenvalue weighted by atomic mass is 10.1. The van der Waals surface area contributed by atoms with Gasteiger partial charge in [0.25, 0.3) is 0 Å². The first-order chi connectivity index (χ1) is 7.33. The molecule has 0 aliphatic carbocycles. The molecule has 0 aliphatic rings. The molecule has 3 heteroatoms. The van der Waals surface area contributed by atoms with E-state index in [1.54, 1.807) is 0 Å². The molecule has 86 valence electrons. The molecule has 1 heterocycles. The third kappa shape index (κ3) is 2.60. The number of pyridine rings is 1. The Hall–Kier alpha value is -0.930. The Kier molecular flexibility index (Phi) is 4.90. The molecule has 16 heavy (non-hydrogen) atoms. The van der Waals surface area contributed by atoms with Gasteiger partial charge in [0.1, 0.15) is 0 Å². The highest BCUT2D eigenvalue weighted by Crippen LogP contribution is 2.13. The van der Waals surface area contributed by atoms with Crippen LogP contribution in [-0.4, -0.2) is 11.7 Å². The van der Waals surface area contributed by atoms with E-state index in [1.807, 2.05) is 0 Å². The summed E-state index contributed by atoms with van der Waals surface area (Å²) >= 11 is 0. The molecule has 0 fully saturated rings. The smallest absolute Gasteiger partial charge is 0.212 e. The van der Waals surface area contributed by atoms with E-state index < -0.39 is 0 Å². The molecule has 0 aliphatic heterocycles. The lowest BCUT2D eigenvalue weighted by Crippen LogP contribution is -3.00. The fourth-order valence-electron chi connectivity index (χ4n) is 1.87. The van der Waals surface area contributed by atoms with Crippen LogP contribution in [-0.2, 0) is 6.54 Å². The Bertz CT molecular complexity index is 470. The monoisotopic (exact) mass is 281 g/mol. The summed E-state index contributed by atoms with van der Waals surface area (Å²) < 4.78 is 2.19. The van der Waals surface area contributed by atoms with E-state index >= 15 is 0 Å². The zero-order chi connectivity index (χ0) is 10.7. The largest absolute Gasteiger partial charge is 1.00 e. The molecule has 0 radical (unpaired) electrons. The van der Waals surface area contributed by atoms with Crippen molar-refractivity contribution in [3.8, 4) is 0 Å². The number of halogens is 1. The fraction of sp³-hybridized carbons (Fsp3) is 0.308. The Morgan fingerprint density at radius 3 is 2.69 bits per heavy atom. The number of fused-ring (bicyclic) bond motifs is 1. The first-order valence-electron chi connectivity index (χ1n) is 5.31. The van der Waals surface area contributed by atoms with E-state index in [9.17, 15) is 0 Å². The summed E-state index contributed by atoms with van der Waals surface area (Å²) in [6.07, 6.45) is 2.89. The minimum absolute atomic E-state index is 0. The van der Waals surface area contributed by atoms with Gasteiger partial charge in [0, 0.05) is 30.5 Å². The van der Waals surface area contributed by atoms with E-state index in [2.05, 4.69) is 48.0 Å². The van der Waals surface area contributed by atoms with Gasteiger partial charge in [-0.25, -0.2) is 0 Å². The van der Waals surface area contributed by atoms with Gasteiger partial charge in [0.2, 0.25) is 5.52 Å². The van der Waals surface area contributed by atoms with Crippen LogP contribution in [0.3, 0.4) is 0 Å². The van der Waals surface area contributed by atoms with E-state index in [4.69, 9.17) is 5.11 Å². The Labute approximate surface area is 106 Å². The maximum absolute atomic E-state index is 8.84. The average molecular weight is 282 g/mol. The van der Waals surface area contributed by atoms with E-state index in [0.29, 0.717) is 0 Å². The van der Waals surface area contributed by atoms with Crippen molar-refractivity contribution in [1.29, 1.82) is 0 Å². The molecule has 2 rings (SSSR count). The minimum Gasteiger partial charge on any atom is -1.00 e. The summed E-state index contributed by atoms with van der Waals surface area (Å²) in [5, 5.41) is 10.1. The van der Waals surface area contributed by atoms with Gasteiger partial charge in [-0.3, -0.25) is 0 Å². The third-order valence-corrected chi connectivity index (χ3v) is 2.70. The first-order valence-corrected chi connectivity index (χ1v) is 5.31. The Morgan fingerprint density at radius 1 is 1.19 bits per heavy atom. The van der Waals surface area contributed by atoms with Crippen LogP contribution in [0.15, 0.2) is 36.5 Å². The van der Waals surface area contributed by atoms with Gasteiger partial charge < -0.3 is 22.1 Å². The van der Waals surface area contributed by atoms with Crippen molar-refractivity contribution in [1.82, 2.24) is 0 Å². The number of hydrogen-bond donors (Lipinski definition) is 1. The molecule has 0 unspecified atom stereocenters. The van der Waals surface area contributed by atoms with Gasteiger partial charge in [-0.05, 0) is 18.6 Å². The second-order valence-corrected chi connectivity index (χ2v) is 3.79. The number of nitrogens with zero attached hydrogens (tertiary/aromatic N) is 1. The average Bonchev–Trinajstić information content (AvgIpc) is 2.29. The Balaban J connectivity index is 0.00000128. The van der Waals surface area contributed by atoms with Gasteiger partial charge in [-0.1, -0.05) is 12.1 Å². The predicted octanol–water partition coefficient (Wildman–Crippen LogP) is -1.18. The molecule has 2 nitrogen and oxygen atoms in total. The molecule has 0 atom stereocenters. The van der Waals surface area contributed by atoms with Crippen molar-refractivity contribution in [2.45, 2.75) is 19.9 Å². The maximum Gasteiger partial charge on any atom is 0.212 e. The molecule has 0 bridgehead atoms. The quantitative estimate of drug-likeness (QED) is 0.704. The third-order valence-electron chi connectivity index (χ3n) is 2.70. The summed E-state index contributed by atoms with van der Waals surface area (Å²) in [5.74, 6) is 0. The summed E-state index contributed by atoms with van der Waals surface area (Å²) in [7, 11) is 0. The van der Waals surface area contributed by atoms with Crippen molar-refractivity contribution in [2.75, 3.05) is 6.61 Å². The van der Waals surface area contributed by atoms with Gasteiger partial charge in [-0.2, -0.15) is 4.57 Å². The number of aromatic nitrogens is 1. The van der Waals surface area contributed by atoms with E-state index in [-0.39, 0.29) is 23.6 Å². The van der Waals surface area contributed by atoms with Crippen LogP contribution in [0.1, 0.15) is 12.0 Å². The standard InChI is InChI=1S/C13H16NO.BrH/c1-11-7-9-14(8-4-10-15)13-6-3-2-5-12(11)13;/h2-3,5-7,9,15H,4,8,10H2,1H3;1H/q+1;/p-1. The summed E-state index contributed by atoms with van der Waals surface area (Å²) in [4.78, 5) is 0. The molecule has 0 amide bonds. The van der Waals surface area contributed by atoms with Crippen LogP contribution < -0.4 is 21.5 Å². The van der Waals surface area contributed by atoms with Crippen molar-refractivity contribution in [3.63, 3.8) is 0 Å². The Morgan fingerprint density at radius 2 is 1.94 bits per heavy atom. The number of aliphatic hydroxyl groups is 1. The lowest BCUT2D eigenvalue weighted by Gasteiger charge is -2.02. The normalized spacial score (nSPS) is 10.1. The van der Waals surface area contributed by atoms with Crippen molar-refractivity contribution >= 4 is 10.9 Å². The fourth-order valence-corrected chi connectivity index (χ4v) is 1.87. The molecular weight excluding hydrogens is 266 g/mol. The number of para-hydroxylation sites is 1. The molecular formula is C13H16BrNO. The topological polar surface area (TPSA) is 24.1 Å². The van der Waals surface area contributed by atoms with Crippen molar-refractivity contribution in [3.05, 3.63) is 42.1 Å². The van der Waals surface area contributed by atoms with Gasteiger partial charge in [0.15, 0.2) is 12.7 Å². The minimum atomic E-state index is 0. The summed E-state index contributed by atoms with van der Waals surface area (Å²) in [6, 6.07) is 10.5. The van der Waals surface area contributed by atoms with Crippen LogP contribution in [0.5, 0.6) is 0 Å². The molecule has 2 aromatic rings. The molecule has 0 saturated heterocycles. The molecule has 1 aromatic heterocycles. The van der Waals surface area contributed by atoms with Crippen LogP contribution in [0.25, 0.3) is 10.9 Å². The summed E-state index contributed by atoms with van der Waals surface area (Å²) in [6.45, 7) is 3.24. The van der Waals surface area contributed by atoms with Crippen molar-refractivity contribution < 1.29 is 26.7 Å². The highest BCUT2D eigenvalue weighted by molar-refractivity contribution is 5.78. The lowest BCUT2D eigenvalue weighted by molar-refractivity contribution is -0.672. The number of hydrogen-bond acceptors (Lipinski definition) is 1. The van der Waals surface area contributed by atoms with Gasteiger partial charge >= 0.3 is 0 Å². The second kappa shape index (κ2) is 5.97. The highest BCUT2D eigenvalue weighted by Gasteiger charge is 2.08. The molecule has 0 saturated carbocycles. The molecule has 0 spiro atoms. The number of rotatable bonds is 3. The first kappa shape index (κ1) is 13.1. The predicted molar refractivity (Wildman–Crippen MR) is 60.6 cm³/mol. The van der Waals surface area contributed by atoms with E-state index in [1.165, 1.54) is 16.5 Å².